The van der Waals surface area contributed by atoms with Crippen LogP contribution in [0.3, 0.4) is 0 Å². The number of likely N-dealkylation sites (N-methyl/N-ethyl adjacent to an activating group) is 1. The molecule has 5 nitrogen and oxygen atoms in total. The van der Waals surface area contributed by atoms with Gasteiger partial charge in [-0.2, -0.15) is 0 Å². The van der Waals surface area contributed by atoms with Crippen LogP contribution in [0.4, 0.5) is 0 Å². The first kappa shape index (κ1) is 21.3. The summed E-state index contributed by atoms with van der Waals surface area (Å²) < 4.78 is 10.6. The molecule has 0 aromatic heterocycles. The van der Waals surface area contributed by atoms with E-state index < -0.39 is 0 Å². The first-order valence-corrected chi connectivity index (χ1v) is 9.80. The molecular formula is C22H34N2O3. The largest absolute Gasteiger partial charge is 0.493 e. The second kappa shape index (κ2) is 10.4. The number of carbonyl (C=O) groups excluding carboxylic acids is 1. The number of rotatable bonds is 8. The second-order valence-corrected chi connectivity index (χ2v) is 7.70. The Morgan fingerprint density at radius 3 is 2.33 bits per heavy atom. The van der Waals surface area contributed by atoms with E-state index in [0.29, 0.717) is 17.5 Å². The van der Waals surface area contributed by atoms with E-state index in [0.717, 1.165) is 37.4 Å². The molecule has 0 saturated heterocycles. The van der Waals surface area contributed by atoms with Gasteiger partial charge in [0, 0.05) is 25.2 Å². The molecule has 0 bridgehead atoms. The van der Waals surface area contributed by atoms with Gasteiger partial charge in [0.2, 0.25) is 5.91 Å². The number of amides is 1. The highest BCUT2D eigenvalue weighted by Crippen LogP contribution is 2.29. The minimum atomic E-state index is 0.0891. The zero-order valence-electron chi connectivity index (χ0n) is 17.4. The molecule has 0 N–H and O–H groups in total. The first-order chi connectivity index (χ1) is 12.9. The third-order valence-electron chi connectivity index (χ3n) is 5.32. The molecule has 150 valence electrons. The lowest BCUT2D eigenvalue weighted by Gasteiger charge is -2.36. The fourth-order valence-corrected chi connectivity index (χ4v) is 3.55. The predicted molar refractivity (Wildman–Crippen MR) is 110 cm³/mol. The molecule has 0 atom stereocenters. The molecule has 1 aliphatic rings. The highest BCUT2D eigenvalue weighted by molar-refractivity contribution is 5.92. The van der Waals surface area contributed by atoms with Crippen LogP contribution in [0.2, 0.25) is 0 Å². The van der Waals surface area contributed by atoms with Crippen molar-refractivity contribution in [1.29, 1.82) is 0 Å². The zero-order chi connectivity index (χ0) is 19.8. The summed E-state index contributed by atoms with van der Waals surface area (Å²) in [5, 5.41) is 0. The van der Waals surface area contributed by atoms with Crippen LogP contribution in [-0.2, 0) is 4.79 Å². The Labute approximate surface area is 163 Å². The summed E-state index contributed by atoms with van der Waals surface area (Å²) in [6.07, 6.45) is 8.16. The Kier molecular flexibility index (Phi) is 8.17. The lowest BCUT2D eigenvalue weighted by Crippen LogP contribution is -2.44. The maximum atomic E-state index is 13.0. The van der Waals surface area contributed by atoms with Gasteiger partial charge in [-0.3, -0.25) is 4.79 Å². The van der Waals surface area contributed by atoms with Crippen LogP contribution in [0.25, 0.3) is 6.08 Å². The van der Waals surface area contributed by atoms with Crippen LogP contribution in [0.1, 0.15) is 38.2 Å². The van der Waals surface area contributed by atoms with E-state index >= 15 is 0 Å². The fourth-order valence-electron chi connectivity index (χ4n) is 3.55. The number of hydrogen-bond acceptors (Lipinski definition) is 4. The van der Waals surface area contributed by atoms with Crippen molar-refractivity contribution in [3.8, 4) is 11.5 Å². The van der Waals surface area contributed by atoms with Crippen molar-refractivity contribution < 1.29 is 14.3 Å². The van der Waals surface area contributed by atoms with Gasteiger partial charge in [0.25, 0.3) is 0 Å². The Morgan fingerprint density at radius 2 is 1.74 bits per heavy atom. The molecule has 0 radical (unpaired) electrons. The van der Waals surface area contributed by atoms with E-state index in [1.165, 1.54) is 12.8 Å². The van der Waals surface area contributed by atoms with Crippen molar-refractivity contribution in [2.45, 2.75) is 38.6 Å². The zero-order valence-corrected chi connectivity index (χ0v) is 17.4. The fraction of sp³-hybridized carbons (Fsp3) is 0.591. The Balaban J connectivity index is 2.10. The van der Waals surface area contributed by atoms with Crippen LogP contribution >= 0.6 is 0 Å². The van der Waals surface area contributed by atoms with Crippen LogP contribution in [-0.4, -0.2) is 63.2 Å². The molecule has 1 aromatic rings. The third-order valence-corrected chi connectivity index (χ3v) is 5.32. The third kappa shape index (κ3) is 6.28. The summed E-state index contributed by atoms with van der Waals surface area (Å²) in [4.78, 5) is 17.1. The Morgan fingerprint density at radius 1 is 1.07 bits per heavy atom. The van der Waals surface area contributed by atoms with Crippen LogP contribution in [0, 0.1) is 5.92 Å². The molecule has 0 aliphatic heterocycles. The van der Waals surface area contributed by atoms with Gasteiger partial charge >= 0.3 is 0 Å². The van der Waals surface area contributed by atoms with Gasteiger partial charge in [0.1, 0.15) is 0 Å². The maximum Gasteiger partial charge on any atom is 0.246 e. The quantitative estimate of drug-likeness (QED) is 0.651. The Bertz CT molecular complexity index is 634. The van der Waals surface area contributed by atoms with Crippen molar-refractivity contribution in [3.63, 3.8) is 0 Å². The highest BCUT2D eigenvalue weighted by Gasteiger charge is 2.26. The predicted octanol–water partition coefficient (Wildman–Crippen LogP) is 3.69. The summed E-state index contributed by atoms with van der Waals surface area (Å²) in [6.45, 7) is 3.95. The molecule has 2 rings (SSSR count). The van der Waals surface area contributed by atoms with Gasteiger partial charge < -0.3 is 19.3 Å². The van der Waals surface area contributed by atoms with E-state index in [4.69, 9.17) is 9.47 Å². The minimum Gasteiger partial charge on any atom is -0.493 e. The van der Waals surface area contributed by atoms with Gasteiger partial charge in [0.15, 0.2) is 11.5 Å². The summed E-state index contributed by atoms with van der Waals surface area (Å²) in [5.74, 6) is 2.21. The standard InChI is InChI=1S/C22H34N2O3/c1-17-6-10-19(11-7-17)24(15-14-23(2)3)22(25)13-9-18-8-12-20(26-4)21(16-18)27-5/h8-9,12-13,16-17,19H,6-7,10-11,14-15H2,1-5H3/b13-9+/t17-,19-. The maximum absolute atomic E-state index is 13.0. The average Bonchev–Trinajstić information content (AvgIpc) is 2.67. The minimum absolute atomic E-state index is 0.0891. The van der Waals surface area contributed by atoms with Crippen molar-refractivity contribution >= 4 is 12.0 Å². The summed E-state index contributed by atoms with van der Waals surface area (Å²) in [7, 11) is 7.32. The number of carbonyl (C=O) groups is 1. The number of methoxy groups -OCH3 is 2. The van der Waals surface area contributed by atoms with Crippen LogP contribution in [0.15, 0.2) is 24.3 Å². The number of nitrogens with zero attached hydrogens (tertiary/aromatic N) is 2. The smallest absolute Gasteiger partial charge is 0.246 e. The molecular weight excluding hydrogens is 340 g/mol. The molecule has 5 heteroatoms. The monoisotopic (exact) mass is 374 g/mol. The van der Waals surface area contributed by atoms with Crippen molar-refractivity contribution in [2.75, 3.05) is 41.4 Å². The summed E-state index contributed by atoms with van der Waals surface area (Å²) in [5.41, 5.74) is 0.922. The van der Waals surface area contributed by atoms with Gasteiger partial charge in [-0.25, -0.2) is 0 Å². The first-order valence-electron chi connectivity index (χ1n) is 9.80. The van der Waals surface area contributed by atoms with Crippen LogP contribution < -0.4 is 9.47 Å². The molecule has 1 amide bonds. The normalized spacial score (nSPS) is 20.1. The number of ether oxygens (including phenoxy) is 2. The molecule has 0 heterocycles. The van der Waals surface area contributed by atoms with Crippen molar-refractivity contribution in [2.24, 2.45) is 5.92 Å². The molecule has 0 unspecified atom stereocenters. The number of hydrogen-bond donors (Lipinski definition) is 0. The summed E-state index contributed by atoms with van der Waals surface area (Å²) >= 11 is 0. The summed E-state index contributed by atoms with van der Waals surface area (Å²) in [6, 6.07) is 6.02. The van der Waals surface area contributed by atoms with E-state index in [9.17, 15) is 4.79 Å². The van der Waals surface area contributed by atoms with Gasteiger partial charge in [-0.1, -0.05) is 13.0 Å². The lowest BCUT2D eigenvalue weighted by atomic mass is 9.86. The van der Waals surface area contributed by atoms with Gasteiger partial charge in [0.05, 0.1) is 14.2 Å². The SMILES string of the molecule is COc1ccc(/C=C/C(=O)N(CCN(C)C)[C@H]2CC[C@H](C)CC2)cc1OC. The van der Waals surface area contributed by atoms with Crippen molar-refractivity contribution in [3.05, 3.63) is 29.8 Å². The highest BCUT2D eigenvalue weighted by atomic mass is 16.5. The topological polar surface area (TPSA) is 42.0 Å². The van der Waals surface area contributed by atoms with E-state index in [2.05, 4.69) is 16.7 Å². The molecule has 1 saturated carbocycles. The molecule has 1 fully saturated rings. The molecule has 27 heavy (non-hydrogen) atoms. The van der Waals surface area contributed by atoms with Crippen LogP contribution in [0.5, 0.6) is 11.5 Å². The van der Waals surface area contributed by atoms with E-state index in [-0.39, 0.29) is 5.91 Å². The molecule has 1 aliphatic carbocycles. The molecule has 1 aromatic carbocycles. The van der Waals surface area contributed by atoms with Gasteiger partial charge in [-0.15, -0.1) is 0 Å². The Hall–Kier alpha value is -2.01. The molecule has 0 spiro atoms. The van der Waals surface area contributed by atoms with Crippen molar-refractivity contribution in [1.82, 2.24) is 9.80 Å². The van der Waals surface area contributed by atoms with E-state index in [1.807, 2.05) is 38.4 Å². The van der Waals surface area contributed by atoms with Gasteiger partial charge in [-0.05, 0) is 69.5 Å². The lowest BCUT2D eigenvalue weighted by molar-refractivity contribution is -0.129. The average molecular weight is 375 g/mol. The second-order valence-electron chi connectivity index (χ2n) is 7.70. The van der Waals surface area contributed by atoms with E-state index in [1.54, 1.807) is 20.3 Å². The number of benzene rings is 1.